The SMILES string of the molecule is NNC(=S)NC1C=CS(=O)(=O)C1. The molecule has 1 aliphatic heterocycles. The molecule has 0 aromatic rings. The Balaban J connectivity index is 2.51. The molecule has 5 nitrogen and oxygen atoms in total. The van der Waals surface area contributed by atoms with Gasteiger partial charge in [-0.25, -0.2) is 14.3 Å². The molecule has 0 aliphatic carbocycles. The lowest BCUT2D eigenvalue weighted by Gasteiger charge is -2.10. The van der Waals surface area contributed by atoms with Gasteiger partial charge in [0.25, 0.3) is 0 Å². The van der Waals surface area contributed by atoms with Gasteiger partial charge in [0.05, 0.1) is 11.8 Å². The van der Waals surface area contributed by atoms with E-state index in [1.165, 1.54) is 5.41 Å². The minimum Gasteiger partial charge on any atom is -0.354 e. The van der Waals surface area contributed by atoms with Crippen LogP contribution in [-0.2, 0) is 9.84 Å². The van der Waals surface area contributed by atoms with E-state index in [-0.39, 0.29) is 16.9 Å². The average molecular weight is 207 g/mol. The van der Waals surface area contributed by atoms with Crippen molar-refractivity contribution in [3.63, 3.8) is 0 Å². The van der Waals surface area contributed by atoms with Gasteiger partial charge >= 0.3 is 0 Å². The van der Waals surface area contributed by atoms with E-state index in [4.69, 9.17) is 18.1 Å². The largest absolute Gasteiger partial charge is 0.354 e. The number of nitrogens with two attached hydrogens (primary N) is 1. The summed E-state index contributed by atoms with van der Waals surface area (Å²) in [6.07, 6.45) is 1.54. The topological polar surface area (TPSA) is 84.2 Å². The molecule has 0 amide bonds. The fourth-order valence-electron chi connectivity index (χ4n) is 0.876. The van der Waals surface area contributed by atoms with Crippen molar-refractivity contribution in [2.45, 2.75) is 6.04 Å². The van der Waals surface area contributed by atoms with Crippen LogP contribution in [-0.4, -0.2) is 25.3 Å². The minimum absolute atomic E-state index is 0.0365. The van der Waals surface area contributed by atoms with Crippen molar-refractivity contribution in [3.05, 3.63) is 11.5 Å². The van der Waals surface area contributed by atoms with Crippen LogP contribution in [0, 0.1) is 0 Å². The molecule has 1 atom stereocenters. The maximum Gasteiger partial charge on any atom is 0.181 e. The monoisotopic (exact) mass is 207 g/mol. The average Bonchev–Trinajstić information content (AvgIpc) is 2.30. The van der Waals surface area contributed by atoms with Crippen molar-refractivity contribution in [3.8, 4) is 0 Å². The van der Waals surface area contributed by atoms with Gasteiger partial charge in [-0.3, -0.25) is 0 Å². The lowest BCUT2D eigenvalue weighted by atomic mass is 10.3. The standard InChI is InChI=1S/C5H9N3O2S2/c6-8-5(11)7-4-1-2-12(9,10)3-4/h1-2,4H,3,6H2,(H2,7,8,11). The van der Waals surface area contributed by atoms with Gasteiger partial charge in [-0.1, -0.05) is 0 Å². The normalized spacial score (nSPS) is 25.2. The van der Waals surface area contributed by atoms with Crippen LogP contribution in [0.3, 0.4) is 0 Å². The highest BCUT2D eigenvalue weighted by Gasteiger charge is 2.21. The van der Waals surface area contributed by atoms with E-state index in [1.54, 1.807) is 6.08 Å². The Morgan fingerprint density at radius 2 is 2.33 bits per heavy atom. The van der Waals surface area contributed by atoms with Crippen LogP contribution in [0.1, 0.15) is 0 Å². The Labute approximate surface area is 75.9 Å². The number of nitrogens with one attached hydrogen (secondary N) is 2. The van der Waals surface area contributed by atoms with Crippen molar-refractivity contribution in [2.75, 3.05) is 5.75 Å². The summed E-state index contributed by atoms with van der Waals surface area (Å²) >= 11 is 4.69. The van der Waals surface area contributed by atoms with Gasteiger partial charge in [0.1, 0.15) is 0 Å². The van der Waals surface area contributed by atoms with Gasteiger partial charge in [-0.2, -0.15) is 0 Å². The van der Waals surface area contributed by atoms with E-state index < -0.39 is 9.84 Å². The van der Waals surface area contributed by atoms with Crippen LogP contribution >= 0.6 is 12.2 Å². The third-order valence-electron chi connectivity index (χ3n) is 1.38. The first kappa shape index (κ1) is 9.43. The molecule has 1 heterocycles. The molecule has 0 aromatic heterocycles. The summed E-state index contributed by atoms with van der Waals surface area (Å²) in [5.41, 5.74) is 2.21. The summed E-state index contributed by atoms with van der Waals surface area (Å²) in [5, 5.41) is 4.12. The number of hydrogen-bond acceptors (Lipinski definition) is 4. The molecule has 0 bridgehead atoms. The third kappa shape index (κ3) is 2.43. The van der Waals surface area contributed by atoms with Crippen molar-refractivity contribution in [1.29, 1.82) is 0 Å². The molecule has 1 rings (SSSR count). The molecular weight excluding hydrogens is 198 g/mol. The highest BCUT2D eigenvalue weighted by Crippen LogP contribution is 2.07. The van der Waals surface area contributed by atoms with Gasteiger partial charge in [0.2, 0.25) is 0 Å². The predicted molar refractivity (Wildman–Crippen MR) is 49.8 cm³/mol. The van der Waals surface area contributed by atoms with Crippen LogP contribution in [0.25, 0.3) is 0 Å². The molecule has 0 saturated carbocycles. The maximum atomic E-state index is 10.9. The van der Waals surface area contributed by atoms with Gasteiger partial charge in [0.15, 0.2) is 14.9 Å². The molecule has 7 heteroatoms. The summed E-state index contributed by atoms with van der Waals surface area (Å²) < 4.78 is 21.8. The molecule has 4 N–H and O–H groups in total. The van der Waals surface area contributed by atoms with Crippen molar-refractivity contribution < 1.29 is 8.42 Å². The first-order valence-corrected chi connectivity index (χ1v) is 5.34. The summed E-state index contributed by atoms with van der Waals surface area (Å²) in [5.74, 6) is 5.03. The second-order valence-corrected chi connectivity index (χ2v) is 4.72. The quantitative estimate of drug-likeness (QED) is 0.280. The second-order valence-electron chi connectivity index (χ2n) is 2.38. The Morgan fingerprint density at radius 3 is 2.75 bits per heavy atom. The van der Waals surface area contributed by atoms with Crippen LogP contribution in [0.4, 0.5) is 0 Å². The lowest BCUT2D eigenvalue weighted by Crippen LogP contribution is -2.45. The second kappa shape index (κ2) is 3.38. The van der Waals surface area contributed by atoms with E-state index in [1.807, 2.05) is 0 Å². The molecule has 0 fully saturated rings. The molecule has 68 valence electrons. The fourth-order valence-corrected chi connectivity index (χ4v) is 2.26. The smallest absolute Gasteiger partial charge is 0.181 e. The van der Waals surface area contributed by atoms with Crippen LogP contribution in [0.2, 0.25) is 0 Å². The van der Waals surface area contributed by atoms with Crippen LogP contribution < -0.4 is 16.6 Å². The molecular formula is C5H9N3O2S2. The van der Waals surface area contributed by atoms with E-state index in [0.29, 0.717) is 0 Å². The van der Waals surface area contributed by atoms with Crippen LogP contribution in [0.5, 0.6) is 0 Å². The van der Waals surface area contributed by atoms with E-state index in [9.17, 15) is 8.42 Å². The Hall–Kier alpha value is -0.660. The number of rotatable bonds is 1. The molecule has 0 radical (unpaired) electrons. The van der Waals surface area contributed by atoms with Crippen LogP contribution in [0.15, 0.2) is 11.5 Å². The molecule has 1 unspecified atom stereocenters. The summed E-state index contributed by atoms with van der Waals surface area (Å²) in [6, 6.07) is -0.265. The zero-order chi connectivity index (χ0) is 9.19. The number of hydrogen-bond donors (Lipinski definition) is 3. The van der Waals surface area contributed by atoms with Crippen molar-refractivity contribution in [2.24, 2.45) is 5.84 Å². The van der Waals surface area contributed by atoms with E-state index >= 15 is 0 Å². The highest BCUT2D eigenvalue weighted by atomic mass is 32.2. The first-order chi connectivity index (χ1) is 5.53. The molecule has 12 heavy (non-hydrogen) atoms. The Bertz CT molecular complexity index is 309. The summed E-state index contributed by atoms with van der Waals surface area (Å²) in [6.45, 7) is 0. The lowest BCUT2D eigenvalue weighted by molar-refractivity contribution is 0.602. The highest BCUT2D eigenvalue weighted by molar-refractivity contribution is 7.94. The van der Waals surface area contributed by atoms with Gasteiger partial charge in [-0.05, 0) is 18.3 Å². The summed E-state index contributed by atoms with van der Waals surface area (Å²) in [7, 11) is -3.02. The third-order valence-corrected chi connectivity index (χ3v) is 3.01. The fraction of sp³-hybridized carbons (Fsp3) is 0.400. The number of hydrazine groups is 1. The first-order valence-electron chi connectivity index (χ1n) is 3.21. The van der Waals surface area contributed by atoms with Gasteiger partial charge in [-0.15, -0.1) is 0 Å². The summed E-state index contributed by atoms with van der Waals surface area (Å²) in [4.78, 5) is 0. The minimum atomic E-state index is -3.02. The van der Waals surface area contributed by atoms with Gasteiger partial charge < -0.3 is 10.7 Å². The Kier molecular flexibility index (Phi) is 2.65. The van der Waals surface area contributed by atoms with Gasteiger partial charge in [0, 0.05) is 5.41 Å². The number of sulfone groups is 1. The zero-order valence-corrected chi connectivity index (χ0v) is 7.78. The molecule has 0 spiro atoms. The Morgan fingerprint density at radius 1 is 1.67 bits per heavy atom. The molecule has 0 aromatic carbocycles. The van der Waals surface area contributed by atoms with Crippen molar-refractivity contribution in [1.82, 2.24) is 10.7 Å². The zero-order valence-electron chi connectivity index (χ0n) is 6.15. The molecule has 0 saturated heterocycles. The van der Waals surface area contributed by atoms with E-state index in [2.05, 4.69) is 10.7 Å². The molecule has 1 aliphatic rings. The van der Waals surface area contributed by atoms with Crippen molar-refractivity contribution >= 4 is 27.2 Å². The number of thiocarbonyl (C=S) groups is 1. The van der Waals surface area contributed by atoms with E-state index in [0.717, 1.165) is 0 Å². The maximum absolute atomic E-state index is 10.9. The predicted octanol–water partition coefficient (Wildman–Crippen LogP) is -1.37.